The molecule has 0 aliphatic heterocycles. The van der Waals surface area contributed by atoms with Gasteiger partial charge in [0.2, 0.25) is 24.0 Å². The van der Waals surface area contributed by atoms with Crippen LogP contribution in [0, 0.1) is 15.2 Å². The zero-order valence-corrected chi connectivity index (χ0v) is 39.5. The number of hydroxylamine groups is 1. The second-order valence-electron chi connectivity index (χ2n) is 14.1. The average molecular weight is 1080 g/mol. The fourth-order valence-corrected chi connectivity index (χ4v) is 7.09. The van der Waals surface area contributed by atoms with Crippen molar-refractivity contribution < 1.29 is 46.6 Å². The number of hydrogen-bond acceptors (Lipinski definition) is 14. The third kappa shape index (κ3) is 14.5. The van der Waals surface area contributed by atoms with Gasteiger partial charge >= 0.3 is 6.09 Å². The number of hydrogen-bond donors (Lipinski definition) is 5. The summed E-state index contributed by atoms with van der Waals surface area (Å²) in [6.07, 6.45) is -0.362. The number of halogens is 5. The number of ether oxygens (including phenoxy) is 1. The minimum Gasteiger partial charge on any atom is -0.447 e. The van der Waals surface area contributed by atoms with Gasteiger partial charge in [-0.15, -0.1) is 0 Å². The number of hydrazine groups is 2. The second kappa shape index (κ2) is 25.7. The summed E-state index contributed by atoms with van der Waals surface area (Å²) in [4.78, 5) is 53.8. The van der Waals surface area contributed by atoms with Crippen molar-refractivity contribution in [1.82, 2.24) is 31.2 Å². The van der Waals surface area contributed by atoms with Gasteiger partial charge in [-0.05, 0) is 45.9 Å². The topological polar surface area (TPSA) is 237 Å². The lowest BCUT2D eigenvalue weighted by molar-refractivity contribution is -0.137. The number of anilines is 2. The summed E-state index contributed by atoms with van der Waals surface area (Å²) in [7, 11) is 0. The number of carbonyl (C=O) groups excluding carboxylic acids is 4. The molecule has 4 aromatic carbocycles. The Morgan fingerprint density at radius 1 is 0.761 bits per heavy atom. The normalized spacial score (nSPS) is 11.7. The number of aromatic nitrogens is 2. The minimum absolute atomic E-state index is 0.00358. The maximum absolute atomic E-state index is 13.7. The molecule has 2 atom stereocenters. The van der Waals surface area contributed by atoms with Gasteiger partial charge in [0, 0.05) is 57.2 Å². The SMILES string of the molecule is CC(=O)N(NCc1cccc(F)c1Cl)[C@@H](CN)COC(=O)Nc1noc(-c2ccccc2)c1I.CC(=O)N(NCc1cccc(F)c1Cl)[C@@H](CN)CON(C=O)c1cc(-c2ccccc2)on1. The van der Waals surface area contributed by atoms with Gasteiger partial charge in [-0.3, -0.25) is 34.6 Å². The van der Waals surface area contributed by atoms with Crippen LogP contribution >= 0.6 is 45.8 Å². The molecule has 7 N–H and O–H groups in total. The molecule has 0 saturated carbocycles. The predicted molar refractivity (Wildman–Crippen MR) is 253 cm³/mol. The molecule has 0 radical (unpaired) electrons. The maximum atomic E-state index is 13.7. The van der Waals surface area contributed by atoms with Crippen LogP contribution in [0.15, 0.2) is 112 Å². The van der Waals surface area contributed by atoms with Crippen molar-refractivity contribution in [3.05, 3.63) is 140 Å². The van der Waals surface area contributed by atoms with Gasteiger partial charge in [0.15, 0.2) is 17.3 Å². The molecule has 0 saturated heterocycles. The van der Waals surface area contributed by atoms with Crippen molar-refractivity contribution in [1.29, 1.82) is 0 Å². The van der Waals surface area contributed by atoms with Crippen molar-refractivity contribution >= 4 is 81.7 Å². The molecular formula is C44H45Cl2F2IN10O8. The maximum Gasteiger partial charge on any atom is 0.412 e. The van der Waals surface area contributed by atoms with Crippen LogP contribution in [0.3, 0.4) is 0 Å². The first-order valence-electron chi connectivity index (χ1n) is 20.1. The van der Waals surface area contributed by atoms with Gasteiger partial charge in [0.1, 0.15) is 21.8 Å². The van der Waals surface area contributed by atoms with Crippen molar-refractivity contribution in [3.63, 3.8) is 0 Å². The van der Waals surface area contributed by atoms with Crippen molar-refractivity contribution in [2.75, 3.05) is 36.7 Å². The third-order valence-corrected chi connectivity index (χ3v) is 11.3. The number of benzene rings is 4. The smallest absolute Gasteiger partial charge is 0.412 e. The first-order valence-corrected chi connectivity index (χ1v) is 22.0. The van der Waals surface area contributed by atoms with Gasteiger partial charge in [0.25, 0.3) is 0 Å². The Labute approximate surface area is 406 Å². The van der Waals surface area contributed by atoms with Gasteiger partial charge in [-0.1, -0.05) is 118 Å². The molecule has 0 bridgehead atoms. The van der Waals surface area contributed by atoms with Crippen LogP contribution in [0.25, 0.3) is 22.6 Å². The monoisotopic (exact) mass is 1080 g/mol. The molecular weight excluding hydrogens is 1030 g/mol. The number of amides is 4. The van der Waals surface area contributed by atoms with Crippen molar-refractivity contribution in [2.45, 2.75) is 39.0 Å². The molecule has 6 rings (SSSR count). The molecule has 0 spiro atoms. The summed E-state index contributed by atoms with van der Waals surface area (Å²) in [5.41, 5.74) is 19.9. The highest BCUT2D eigenvalue weighted by Gasteiger charge is 2.25. The first kappa shape index (κ1) is 51.9. The van der Waals surface area contributed by atoms with E-state index in [0.717, 1.165) is 16.2 Å². The summed E-state index contributed by atoms with van der Waals surface area (Å²) in [6, 6.07) is 27.5. The predicted octanol–water partition coefficient (Wildman–Crippen LogP) is 7.08. The zero-order chi connectivity index (χ0) is 48.5. The van der Waals surface area contributed by atoms with E-state index in [-0.39, 0.29) is 72.9 Å². The van der Waals surface area contributed by atoms with Crippen LogP contribution in [-0.2, 0) is 37.0 Å². The Hall–Kier alpha value is -6.05. The van der Waals surface area contributed by atoms with E-state index in [4.69, 9.17) is 53.3 Å². The summed E-state index contributed by atoms with van der Waals surface area (Å²) in [5.74, 6) is -0.548. The van der Waals surface area contributed by atoms with E-state index in [1.165, 1.54) is 48.1 Å². The fourth-order valence-electron chi connectivity index (χ4n) is 6.06. The molecule has 2 aromatic heterocycles. The highest BCUT2D eigenvalue weighted by molar-refractivity contribution is 14.1. The van der Waals surface area contributed by atoms with Gasteiger partial charge in [0.05, 0.1) is 28.7 Å². The molecule has 67 heavy (non-hydrogen) atoms. The molecule has 4 amide bonds. The molecule has 2 heterocycles. The van der Waals surface area contributed by atoms with E-state index >= 15 is 0 Å². The van der Waals surface area contributed by atoms with Crippen LogP contribution in [0.5, 0.6) is 0 Å². The largest absolute Gasteiger partial charge is 0.447 e. The van der Waals surface area contributed by atoms with E-state index in [9.17, 15) is 28.0 Å². The second-order valence-corrected chi connectivity index (χ2v) is 15.9. The summed E-state index contributed by atoms with van der Waals surface area (Å²) < 4.78 is 43.8. The van der Waals surface area contributed by atoms with E-state index in [2.05, 4.69) is 26.5 Å². The highest BCUT2D eigenvalue weighted by atomic mass is 127. The molecule has 0 aliphatic carbocycles. The van der Waals surface area contributed by atoms with Gasteiger partial charge in [-0.25, -0.2) is 24.4 Å². The lowest BCUT2D eigenvalue weighted by atomic mass is 10.2. The fraction of sp³-hybridized carbons (Fsp3) is 0.227. The Balaban J connectivity index is 0.000000251. The Kier molecular flexibility index (Phi) is 20.0. The number of nitrogens with zero attached hydrogens (tertiary/aromatic N) is 5. The Morgan fingerprint density at radius 2 is 1.28 bits per heavy atom. The molecule has 0 aliphatic rings. The number of nitrogens with two attached hydrogens (primary N) is 2. The molecule has 23 heteroatoms. The lowest BCUT2D eigenvalue weighted by Crippen LogP contribution is -2.54. The molecule has 354 valence electrons. The van der Waals surface area contributed by atoms with Crippen LogP contribution in [0.2, 0.25) is 10.0 Å². The van der Waals surface area contributed by atoms with Gasteiger partial charge in [-0.2, -0.15) is 5.06 Å². The number of nitrogens with one attached hydrogen (secondary N) is 3. The van der Waals surface area contributed by atoms with E-state index in [1.807, 2.05) is 83.3 Å². The minimum atomic E-state index is -0.791. The number of rotatable bonds is 20. The van der Waals surface area contributed by atoms with Crippen LogP contribution in [0.1, 0.15) is 25.0 Å². The summed E-state index contributed by atoms with van der Waals surface area (Å²) in [6.45, 7) is 2.49. The van der Waals surface area contributed by atoms with Crippen molar-refractivity contribution in [3.8, 4) is 22.6 Å². The molecule has 0 fully saturated rings. The lowest BCUT2D eigenvalue weighted by Gasteiger charge is -2.31. The quantitative estimate of drug-likeness (QED) is 0.0292. The van der Waals surface area contributed by atoms with E-state index in [0.29, 0.717) is 32.6 Å². The molecule has 6 aromatic rings. The van der Waals surface area contributed by atoms with Crippen LogP contribution in [-0.4, -0.2) is 83.0 Å². The Morgan fingerprint density at radius 3 is 1.79 bits per heavy atom. The summed E-state index contributed by atoms with van der Waals surface area (Å²) in [5, 5.41) is 13.5. The average Bonchev–Trinajstić information content (AvgIpc) is 3.97. The molecule has 0 unspecified atom stereocenters. The first-order chi connectivity index (χ1) is 32.3. The standard InChI is InChI=1S/C22H22ClFIN5O4.C22H23ClFN5O4/c1-13(31)30(27-11-15-8-5-9-17(24)18(15)23)16(10-26)12-33-22(32)28-21-19(25)20(34-29-21)14-6-3-2-4-7-14;1-15(31)29(26-12-17-8-5-9-19(24)22(17)23)18(11-25)13-32-28(14-30)21-10-20(33-27-21)16-6-3-2-4-7-16/h2-9,16,27H,10-12,26H2,1H3,(H,28,29,32);2-10,14,18,26H,11-13,25H2,1H3/t16-;18-/m00/s1. The number of carbonyl (C=O) groups is 4. The highest BCUT2D eigenvalue weighted by Crippen LogP contribution is 2.31. The third-order valence-electron chi connectivity index (χ3n) is 9.48. The van der Waals surface area contributed by atoms with Crippen LogP contribution in [0.4, 0.5) is 25.2 Å². The molecule has 18 nitrogen and oxygen atoms in total. The summed E-state index contributed by atoms with van der Waals surface area (Å²) >= 11 is 14.0. The zero-order valence-electron chi connectivity index (χ0n) is 35.8. The van der Waals surface area contributed by atoms with Crippen molar-refractivity contribution in [2.24, 2.45) is 11.5 Å². The van der Waals surface area contributed by atoms with Gasteiger partial charge < -0.3 is 25.3 Å². The Bertz CT molecular complexity index is 2580. The van der Waals surface area contributed by atoms with Crippen LogP contribution < -0.4 is 32.7 Å². The van der Waals surface area contributed by atoms with E-state index < -0.39 is 29.8 Å². The van der Waals surface area contributed by atoms with E-state index in [1.54, 1.807) is 18.2 Å².